The number of fused-ring (bicyclic) bond motifs is 1. The molecule has 0 spiro atoms. The number of rotatable bonds is 3. The molecular weight excluding hydrogens is 184 g/mol. The zero-order valence-electron chi connectivity index (χ0n) is 9.24. The van der Waals surface area contributed by atoms with Gasteiger partial charge in [-0.1, -0.05) is 18.2 Å². The maximum atomic E-state index is 3.49. The number of likely N-dealkylation sites (N-methyl/N-ethyl adjacent to an activating group) is 1. The van der Waals surface area contributed by atoms with E-state index in [0.29, 0.717) is 5.92 Å². The molecule has 2 aliphatic rings. The Labute approximate surface area is 91.3 Å². The summed E-state index contributed by atoms with van der Waals surface area (Å²) >= 11 is 0. The van der Waals surface area contributed by atoms with E-state index in [0.717, 1.165) is 12.6 Å². The molecule has 0 aromatic heterocycles. The van der Waals surface area contributed by atoms with Crippen molar-refractivity contribution < 1.29 is 0 Å². The first kappa shape index (κ1) is 9.22. The van der Waals surface area contributed by atoms with Crippen LogP contribution in [0.25, 0.3) is 0 Å². The second-order valence-electron chi connectivity index (χ2n) is 4.84. The van der Waals surface area contributed by atoms with Gasteiger partial charge in [0.2, 0.25) is 0 Å². The van der Waals surface area contributed by atoms with Crippen molar-refractivity contribution in [3.8, 4) is 0 Å². The van der Waals surface area contributed by atoms with E-state index in [4.69, 9.17) is 0 Å². The maximum Gasteiger partial charge on any atom is 0.0376 e. The summed E-state index contributed by atoms with van der Waals surface area (Å²) in [5.74, 6) is 0.687. The number of nitrogens with one attached hydrogen (secondary N) is 1. The fraction of sp³-hybridized carbons (Fsp3) is 0.538. The fourth-order valence-corrected chi connectivity index (χ4v) is 2.53. The van der Waals surface area contributed by atoms with E-state index in [9.17, 15) is 0 Å². The van der Waals surface area contributed by atoms with Crippen LogP contribution in [-0.2, 0) is 0 Å². The van der Waals surface area contributed by atoms with E-state index in [1.165, 1.54) is 30.6 Å². The van der Waals surface area contributed by atoms with Crippen LogP contribution in [0.4, 0.5) is 5.69 Å². The highest BCUT2D eigenvalue weighted by molar-refractivity contribution is 5.57. The van der Waals surface area contributed by atoms with Gasteiger partial charge in [0, 0.05) is 30.7 Å². The van der Waals surface area contributed by atoms with Gasteiger partial charge in [0.15, 0.2) is 0 Å². The van der Waals surface area contributed by atoms with Crippen molar-refractivity contribution in [1.29, 1.82) is 0 Å². The summed E-state index contributed by atoms with van der Waals surface area (Å²) in [6, 6.07) is 9.58. The molecule has 80 valence electrons. The molecule has 1 aliphatic heterocycles. The third kappa shape index (κ3) is 1.74. The third-order valence-corrected chi connectivity index (χ3v) is 3.62. The molecule has 1 atom stereocenters. The molecule has 1 aromatic carbocycles. The average molecular weight is 202 g/mol. The monoisotopic (exact) mass is 202 g/mol. The highest BCUT2D eigenvalue weighted by Gasteiger charge is 2.30. The lowest BCUT2D eigenvalue weighted by molar-refractivity contribution is 0.307. The first-order valence-corrected chi connectivity index (χ1v) is 5.87. The number of benzene rings is 1. The Morgan fingerprint density at radius 1 is 1.33 bits per heavy atom. The van der Waals surface area contributed by atoms with Crippen molar-refractivity contribution in [3.63, 3.8) is 0 Å². The van der Waals surface area contributed by atoms with Gasteiger partial charge in [0.05, 0.1) is 0 Å². The summed E-state index contributed by atoms with van der Waals surface area (Å²) in [4.78, 5) is 2.52. The maximum absolute atomic E-state index is 3.49. The van der Waals surface area contributed by atoms with Gasteiger partial charge in [-0.3, -0.25) is 0 Å². The Morgan fingerprint density at radius 2 is 2.13 bits per heavy atom. The number of anilines is 1. The van der Waals surface area contributed by atoms with Gasteiger partial charge in [-0.2, -0.15) is 0 Å². The van der Waals surface area contributed by atoms with Crippen molar-refractivity contribution in [2.75, 3.05) is 25.5 Å². The quantitative estimate of drug-likeness (QED) is 0.809. The average Bonchev–Trinajstić information content (AvgIpc) is 3.03. The lowest BCUT2D eigenvalue weighted by Crippen LogP contribution is -2.27. The van der Waals surface area contributed by atoms with Crippen LogP contribution in [-0.4, -0.2) is 31.1 Å². The number of para-hydroxylation sites is 1. The molecule has 2 nitrogen and oxygen atoms in total. The summed E-state index contributed by atoms with van der Waals surface area (Å²) in [6.07, 6.45) is 2.80. The molecule has 0 radical (unpaired) electrons. The Bertz CT molecular complexity index is 357. The Kier molecular flexibility index (Phi) is 2.17. The summed E-state index contributed by atoms with van der Waals surface area (Å²) in [6.45, 7) is 2.31. The van der Waals surface area contributed by atoms with Gasteiger partial charge in [0.25, 0.3) is 0 Å². The van der Waals surface area contributed by atoms with E-state index < -0.39 is 0 Å². The SMILES string of the molecule is CN(CC1CNc2ccccc21)C1CC1. The molecule has 1 N–H and O–H groups in total. The minimum absolute atomic E-state index is 0.687. The molecule has 0 saturated heterocycles. The molecule has 2 heteroatoms. The number of hydrogen-bond acceptors (Lipinski definition) is 2. The van der Waals surface area contributed by atoms with Gasteiger partial charge >= 0.3 is 0 Å². The smallest absolute Gasteiger partial charge is 0.0376 e. The first-order chi connectivity index (χ1) is 7.34. The normalized spacial score (nSPS) is 24.0. The number of nitrogens with zero attached hydrogens (tertiary/aromatic N) is 1. The van der Waals surface area contributed by atoms with Crippen LogP contribution in [0.1, 0.15) is 24.3 Å². The van der Waals surface area contributed by atoms with Crippen LogP contribution >= 0.6 is 0 Å². The van der Waals surface area contributed by atoms with Crippen LogP contribution in [0.15, 0.2) is 24.3 Å². The number of hydrogen-bond donors (Lipinski definition) is 1. The van der Waals surface area contributed by atoms with Crippen LogP contribution < -0.4 is 5.32 Å². The van der Waals surface area contributed by atoms with Crippen LogP contribution in [0.3, 0.4) is 0 Å². The first-order valence-electron chi connectivity index (χ1n) is 5.87. The van der Waals surface area contributed by atoms with E-state index in [1.54, 1.807) is 0 Å². The fourth-order valence-electron chi connectivity index (χ4n) is 2.53. The lowest BCUT2D eigenvalue weighted by Gasteiger charge is -2.20. The van der Waals surface area contributed by atoms with E-state index in [-0.39, 0.29) is 0 Å². The molecule has 1 fully saturated rings. The Balaban J connectivity index is 1.73. The van der Waals surface area contributed by atoms with Gasteiger partial charge in [-0.15, -0.1) is 0 Å². The molecule has 15 heavy (non-hydrogen) atoms. The van der Waals surface area contributed by atoms with E-state index in [1.807, 2.05) is 0 Å². The van der Waals surface area contributed by atoms with Crippen LogP contribution in [0.5, 0.6) is 0 Å². The van der Waals surface area contributed by atoms with Gasteiger partial charge < -0.3 is 10.2 Å². The van der Waals surface area contributed by atoms with Gasteiger partial charge in [0.1, 0.15) is 0 Å². The van der Waals surface area contributed by atoms with Crippen LogP contribution in [0, 0.1) is 0 Å². The lowest BCUT2D eigenvalue weighted by atomic mass is 10.0. The molecule has 0 amide bonds. The Hall–Kier alpha value is -1.02. The van der Waals surface area contributed by atoms with E-state index >= 15 is 0 Å². The summed E-state index contributed by atoms with van der Waals surface area (Å²) in [7, 11) is 2.26. The van der Waals surface area contributed by atoms with Crippen LogP contribution in [0.2, 0.25) is 0 Å². The molecule has 3 rings (SSSR count). The van der Waals surface area contributed by atoms with Gasteiger partial charge in [-0.25, -0.2) is 0 Å². The second-order valence-corrected chi connectivity index (χ2v) is 4.84. The third-order valence-electron chi connectivity index (χ3n) is 3.62. The van der Waals surface area contributed by atoms with Crippen molar-refractivity contribution >= 4 is 5.69 Å². The molecule has 1 aliphatic carbocycles. The summed E-state index contributed by atoms with van der Waals surface area (Å²) in [5, 5.41) is 3.49. The highest BCUT2D eigenvalue weighted by atomic mass is 15.2. The standard InChI is InChI=1S/C13H18N2/c1-15(11-6-7-11)9-10-8-14-13-5-3-2-4-12(10)13/h2-5,10-11,14H,6-9H2,1H3. The largest absolute Gasteiger partial charge is 0.384 e. The predicted molar refractivity (Wildman–Crippen MR) is 63.3 cm³/mol. The highest BCUT2D eigenvalue weighted by Crippen LogP contribution is 2.34. The predicted octanol–water partition coefficient (Wildman–Crippen LogP) is 2.29. The molecule has 1 saturated carbocycles. The zero-order chi connectivity index (χ0) is 10.3. The zero-order valence-corrected chi connectivity index (χ0v) is 9.24. The molecular formula is C13H18N2. The van der Waals surface area contributed by atoms with Gasteiger partial charge in [-0.05, 0) is 31.5 Å². The topological polar surface area (TPSA) is 15.3 Å². The molecule has 0 bridgehead atoms. The summed E-state index contributed by atoms with van der Waals surface area (Å²) < 4.78 is 0. The van der Waals surface area contributed by atoms with E-state index in [2.05, 4.69) is 41.5 Å². The molecule has 1 heterocycles. The minimum Gasteiger partial charge on any atom is -0.384 e. The molecule has 1 aromatic rings. The Morgan fingerprint density at radius 3 is 2.93 bits per heavy atom. The minimum atomic E-state index is 0.687. The summed E-state index contributed by atoms with van der Waals surface area (Å²) in [5.41, 5.74) is 2.84. The molecule has 1 unspecified atom stereocenters. The second kappa shape index (κ2) is 3.53. The van der Waals surface area contributed by atoms with Crippen molar-refractivity contribution in [2.45, 2.75) is 24.8 Å². The van der Waals surface area contributed by atoms with Crippen molar-refractivity contribution in [2.24, 2.45) is 0 Å². The van der Waals surface area contributed by atoms with Crippen molar-refractivity contribution in [1.82, 2.24) is 4.90 Å². The van der Waals surface area contributed by atoms with Crippen molar-refractivity contribution in [3.05, 3.63) is 29.8 Å².